The molecule has 24 heavy (non-hydrogen) atoms. The number of H-pyrrole nitrogens is 1. The van der Waals surface area contributed by atoms with Gasteiger partial charge in [0.05, 0.1) is 0 Å². The fourth-order valence-electron chi connectivity index (χ4n) is 3.65. The molecular formula is C20H19ClN2O. The number of carbonyl (C=O) groups excluding carboxylic acids is 1. The summed E-state index contributed by atoms with van der Waals surface area (Å²) in [6.07, 6.45) is 2.55. The summed E-state index contributed by atoms with van der Waals surface area (Å²) in [5, 5.41) is 1.89. The van der Waals surface area contributed by atoms with Gasteiger partial charge in [-0.3, -0.25) is 4.79 Å². The highest BCUT2D eigenvalue weighted by Crippen LogP contribution is 2.34. The normalized spacial score (nSPS) is 16.8. The van der Waals surface area contributed by atoms with Crippen LogP contribution in [0.25, 0.3) is 10.9 Å². The molecule has 0 fully saturated rings. The quantitative estimate of drug-likeness (QED) is 0.729. The number of nitrogens with one attached hydrogen (secondary N) is 1. The number of aromatic amines is 1. The third-order valence-electron chi connectivity index (χ3n) is 4.97. The number of aromatic nitrogens is 1. The number of aryl methyl sites for hydroxylation is 1. The van der Waals surface area contributed by atoms with E-state index in [1.165, 1.54) is 11.3 Å². The van der Waals surface area contributed by atoms with Gasteiger partial charge in [0.15, 0.2) is 0 Å². The van der Waals surface area contributed by atoms with E-state index in [-0.39, 0.29) is 11.8 Å². The van der Waals surface area contributed by atoms with Crippen LogP contribution < -0.4 is 4.90 Å². The van der Waals surface area contributed by atoms with Crippen LogP contribution in [0.3, 0.4) is 0 Å². The molecule has 0 spiro atoms. The van der Waals surface area contributed by atoms with E-state index in [1.54, 1.807) is 4.90 Å². The second kappa shape index (κ2) is 5.99. The minimum atomic E-state index is 0.0145. The second-order valence-corrected chi connectivity index (χ2v) is 6.88. The van der Waals surface area contributed by atoms with Crippen molar-refractivity contribution in [3.63, 3.8) is 0 Å². The lowest BCUT2D eigenvalue weighted by atomic mass is 9.85. The van der Waals surface area contributed by atoms with E-state index >= 15 is 0 Å². The largest absolute Gasteiger partial charge is 0.358 e. The molecular weight excluding hydrogens is 320 g/mol. The SMILES string of the molecule is CN(C(=O)C1CCc2[nH]c3ccc(Cl)cc3c2C1)c1ccccc1. The zero-order chi connectivity index (χ0) is 16.7. The zero-order valence-corrected chi connectivity index (χ0v) is 14.3. The first-order valence-corrected chi connectivity index (χ1v) is 8.63. The number of amides is 1. The molecule has 1 atom stereocenters. The number of hydrogen-bond donors (Lipinski definition) is 1. The highest BCUT2D eigenvalue weighted by molar-refractivity contribution is 6.31. The Morgan fingerprint density at radius 2 is 2.00 bits per heavy atom. The summed E-state index contributed by atoms with van der Waals surface area (Å²) >= 11 is 6.16. The van der Waals surface area contributed by atoms with E-state index in [4.69, 9.17) is 11.6 Å². The Balaban J connectivity index is 1.63. The van der Waals surface area contributed by atoms with Gasteiger partial charge in [-0.1, -0.05) is 29.8 Å². The molecule has 3 nitrogen and oxygen atoms in total. The van der Waals surface area contributed by atoms with Gasteiger partial charge in [0.1, 0.15) is 0 Å². The van der Waals surface area contributed by atoms with E-state index in [1.807, 2.05) is 55.6 Å². The number of para-hydroxylation sites is 1. The van der Waals surface area contributed by atoms with Gasteiger partial charge in [-0.05, 0) is 55.2 Å². The van der Waals surface area contributed by atoms with Crippen LogP contribution in [0.5, 0.6) is 0 Å². The maximum Gasteiger partial charge on any atom is 0.230 e. The number of rotatable bonds is 2. The molecule has 0 aliphatic heterocycles. The van der Waals surface area contributed by atoms with Crippen molar-refractivity contribution in [3.8, 4) is 0 Å². The minimum Gasteiger partial charge on any atom is -0.358 e. The van der Waals surface area contributed by atoms with Crippen molar-refractivity contribution >= 4 is 34.1 Å². The highest BCUT2D eigenvalue weighted by atomic mass is 35.5. The van der Waals surface area contributed by atoms with Crippen LogP contribution >= 0.6 is 11.6 Å². The van der Waals surface area contributed by atoms with Gasteiger partial charge in [-0.15, -0.1) is 0 Å². The number of hydrogen-bond acceptors (Lipinski definition) is 1. The lowest BCUT2D eigenvalue weighted by Crippen LogP contribution is -2.35. The average molecular weight is 339 g/mol. The molecule has 122 valence electrons. The maximum absolute atomic E-state index is 12.9. The molecule has 1 amide bonds. The molecule has 1 N–H and O–H groups in total. The summed E-state index contributed by atoms with van der Waals surface area (Å²) in [4.78, 5) is 18.2. The van der Waals surface area contributed by atoms with Crippen molar-refractivity contribution in [2.24, 2.45) is 5.92 Å². The molecule has 1 heterocycles. The van der Waals surface area contributed by atoms with Crippen LogP contribution in [-0.2, 0) is 17.6 Å². The molecule has 1 aromatic heterocycles. The monoisotopic (exact) mass is 338 g/mol. The summed E-state index contributed by atoms with van der Waals surface area (Å²) in [5.41, 5.74) is 4.54. The second-order valence-electron chi connectivity index (χ2n) is 6.44. The van der Waals surface area contributed by atoms with Crippen LogP contribution in [0.1, 0.15) is 17.7 Å². The summed E-state index contributed by atoms with van der Waals surface area (Å²) in [6.45, 7) is 0. The third kappa shape index (κ3) is 2.59. The third-order valence-corrected chi connectivity index (χ3v) is 5.21. The molecule has 1 unspecified atom stereocenters. The van der Waals surface area contributed by atoms with Gasteiger partial charge in [0, 0.05) is 40.3 Å². The van der Waals surface area contributed by atoms with Gasteiger partial charge in [0.25, 0.3) is 0 Å². The summed E-state index contributed by atoms with van der Waals surface area (Å²) in [5.74, 6) is 0.198. The van der Waals surface area contributed by atoms with Crippen LogP contribution in [0.4, 0.5) is 5.69 Å². The first kappa shape index (κ1) is 15.3. The van der Waals surface area contributed by atoms with Crippen molar-refractivity contribution in [1.82, 2.24) is 4.98 Å². The van der Waals surface area contributed by atoms with Gasteiger partial charge in [-0.2, -0.15) is 0 Å². The average Bonchev–Trinajstić information content (AvgIpc) is 2.98. The number of halogens is 1. The smallest absolute Gasteiger partial charge is 0.230 e. The molecule has 3 aromatic rings. The molecule has 1 aliphatic rings. The Bertz CT molecular complexity index is 901. The summed E-state index contributed by atoms with van der Waals surface area (Å²) in [6, 6.07) is 15.7. The number of fused-ring (bicyclic) bond motifs is 3. The lowest BCUT2D eigenvalue weighted by molar-refractivity contribution is -0.122. The topological polar surface area (TPSA) is 36.1 Å². The fraction of sp³-hybridized carbons (Fsp3) is 0.250. The Hall–Kier alpha value is -2.26. The predicted octanol–water partition coefficient (Wildman–Crippen LogP) is 4.59. The van der Waals surface area contributed by atoms with Crippen LogP contribution in [0, 0.1) is 5.92 Å². The van der Waals surface area contributed by atoms with E-state index < -0.39 is 0 Å². The van der Waals surface area contributed by atoms with Crippen LogP contribution in [0.2, 0.25) is 5.02 Å². The van der Waals surface area contributed by atoms with Crippen LogP contribution in [-0.4, -0.2) is 17.9 Å². The summed E-state index contributed by atoms with van der Waals surface area (Å²) in [7, 11) is 1.86. The zero-order valence-electron chi connectivity index (χ0n) is 13.6. The minimum absolute atomic E-state index is 0.0145. The van der Waals surface area contributed by atoms with Crippen molar-refractivity contribution in [1.29, 1.82) is 0 Å². The number of anilines is 1. The Labute approximate surface area is 146 Å². The number of nitrogens with zero attached hydrogens (tertiary/aromatic N) is 1. The van der Waals surface area contributed by atoms with E-state index in [9.17, 15) is 4.79 Å². The molecule has 4 heteroatoms. The van der Waals surface area contributed by atoms with Crippen LogP contribution in [0.15, 0.2) is 48.5 Å². The van der Waals surface area contributed by atoms with Crippen molar-refractivity contribution in [2.75, 3.05) is 11.9 Å². The number of carbonyl (C=O) groups is 1. The predicted molar refractivity (Wildman–Crippen MR) is 98.7 cm³/mol. The standard InChI is InChI=1S/C20H19ClN2O/c1-23(15-5-3-2-4-6-15)20(24)13-7-9-18-16(11-13)17-12-14(21)8-10-19(17)22-18/h2-6,8,10,12-13,22H,7,9,11H2,1H3. The first-order chi connectivity index (χ1) is 11.6. The van der Waals surface area contributed by atoms with Gasteiger partial charge in [0.2, 0.25) is 5.91 Å². The Morgan fingerprint density at radius 1 is 1.21 bits per heavy atom. The maximum atomic E-state index is 12.9. The molecule has 0 saturated carbocycles. The summed E-state index contributed by atoms with van der Waals surface area (Å²) < 4.78 is 0. The molecule has 1 aliphatic carbocycles. The Morgan fingerprint density at radius 3 is 2.79 bits per heavy atom. The van der Waals surface area contributed by atoms with Gasteiger partial charge >= 0.3 is 0 Å². The molecule has 2 aromatic carbocycles. The van der Waals surface area contributed by atoms with E-state index in [2.05, 4.69) is 4.98 Å². The van der Waals surface area contributed by atoms with Crippen molar-refractivity contribution in [2.45, 2.75) is 19.3 Å². The van der Waals surface area contributed by atoms with E-state index in [0.29, 0.717) is 0 Å². The van der Waals surface area contributed by atoms with Gasteiger partial charge < -0.3 is 9.88 Å². The highest BCUT2D eigenvalue weighted by Gasteiger charge is 2.29. The Kier molecular flexibility index (Phi) is 3.81. The number of benzene rings is 2. The molecule has 0 saturated heterocycles. The fourth-order valence-corrected chi connectivity index (χ4v) is 3.82. The van der Waals surface area contributed by atoms with E-state index in [0.717, 1.165) is 40.9 Å². The first-order valence-electron chi connectivity index (χ1n) is 8.25. The van der Waals surface area contributed by atoms with Crippen molar-refractivity contribution < 1.29 is 4.79 Å². The van der Waals surface area contributed by atoms with Gasteiger partial charge in [-0.25, -0.2) is 0 Å². The molecule has 0 bridgehead atoms. The molecule has 4 rings (SSSR count). The molecule has 0 radical (unpaired) electrons. The lowest BCUT2D eigenvalue weighted by Gasteiger charge is -2.27. The van der Waals surface area contributed by atoms with Crippen molar-refractivity contribution in [3.05, 3.63) is 64.8 Å².